The molecule has 0 spiro atoms. The van der Waals surface area contributed by atoms with Gasteiger partial charge in [-0.05, 0) is 17.5 Å². The average Bonchev–Trinajstić information content (AvgIpc) is 2.38. The first-order valence-electron chi connectivity index (χ1n) is 5.56. The summed E-state index contributed by atoms with van der Waals surface area (Å²) < 4.78 is 0. The van der Waals surface area contributed by atoms with Crippen molar-refractivity contribution in [2.24, 2.45) is 0 Å². The van der Waals surface area contributed by atoms with E-state index in [1.165, 1.54) is 4.90 Å². The van der Waals surface area contributed by atoms with Gasteiger partial charge in [-0.2, -0.15) is 0 Å². The molecule has 1 aromatic carbocycles. The number of fused-ring (bicyclic) bond motifs is 1. The number of carbonyl (C=O) groups excluding carboxylic acids is 1. The van der Waals surface area contributed by atoms with Gasteiger partial charge in [0.25, 0.3) is 0 Å². The molecule has 88 valence electrons. The van der Waals surface area contributed by atoms with Gasteiger partial charge in [0, 0.05) is 23.5 Å². The number of benzene rings is 1. The van der Waals surface area contributed by atoms with Crippen LogP contribution in [0.15, 0.2) is 61.1 Å². The number of hydrogen-bond donors (Lipinski definition) is 1. The number of nitrogens with zero attached hydrogens (tertiary/aromatic N) is 2. The Balaban J connectivity index is 2.07. The van der Waals surface area contributed by atoms with E-state index in [0.717, 1.165) is 10.8 Å². The van der Waals surface area contributed by atoms with Crippen LogP contribution in [-0.2, 0) is 0 Å². The lowest BCUT2D eigenvalue weighted by Crippen LogP contribution is -2.38. The summed E-state index contributed by atoms with van der Waals surface area (Å²) in [6.07, 6.45) is 5.16. The van der Waals surface area contributed by atoms with E-state index in [1.807, 2.05) is 30.3 Å². The quantitative estimate of drug-likeness (QED) is 0.828. The van der Waals surface area contributed by atoms with Gasteiger partial charge in [-0.3, -0.25) is 4.90 Å². The van der Waals surface area contributed by atoms with Crippen LogP contribution in [-0.4, -0.2) is 11.0 Å². The second kappa shape index (κ2) is 4.00. The van der Waals surface area contributed by atoms with Crippen molar-refractivity contribution in [2.45, 2.75) is 0 Å². The number of carbonyl (C=O) groups is 1. The van der Waals surface area contributed by atoms with Crippen LogP contribution in [0.1, 0.15) is 0 Å². The fraction of sp³-hybridized carbons (Fsp3) is 0. The van der Waals surface area contributed by atoms with Crippen LogP contribution in [0.5, 0.6) is 0 Å². The maximum absolute atomic E-state index is 11.8. The van der Waals surface area contributed by atoms with E-state index in [2.05, 4.69) is 16.9 Å². The highest BCUT2D eigenvalue weighted by atomic mass is 16.2. The van der Waals surface area contributed by atoms with E-state index in [0.29, 0.717) is 11.5 Å². The Kier molecular flexibility index (Phi) is 2.34. The van der Waals surface area contributed by atoms with Crippen molar-refractivity contribution >= 4 is 22.6 Å². The van der Waals surface area contributed by atoms with Crippen LogP contribution >= 0.6 is 0 Å². The lowest BCUT2D eigenvalue weighted by molar-refractivity contribution is 0.250. The maximum atomic E-state index is 11.8. The van der Waals surface area contributed by atoms with E-state index in [4.69, 9.17) is 0 Å². The number of allylic oxidation sites excluding steroid dienone is 1. The van der Waals surface area contributed by atoms with Crippen molar-refractivity contribution in [3.05, 3.63) is 61.1 Å². The summed E-state index contributed by atoms with van der Waals surface area (Å²) in [6.45, 7) is 3.68. The fourth-order valence-electron chi connectivity index (χ4n) is 1.86. The summed E-state index contributed by atoms with van der Waals surface area (Å²) in [5, 5.41) is 4.74. The Morgan fingerprint density at radius 1 is 1.22 bits per heavy atom. The van der Waals surface area contributed by atoms with E-state index >= 15 is 0 Å². The zero-order valence-electron chi connectivity index (χ0n) is 9.63. The highest BCUT2D eigenvalue weighted by Gasteiger charge is 2.18. The molecule has 0 aliphatic carbocycles. The van der Waals surface area contributed by atoms with Gasteiger partial charge in [0.15, 0.2) is 0 Å². The molecule has 2 aromatic rings. The van der Waals surface area contributed by atoms with E-state index < -0.39 is 0 Å². The second-order valence-corrected chi connectivity index (χ2v) is 4.03. The zero-order chi connectivity index (χ0) is 12.5. The van der Waals surface area contributed by atoms with Crippen LogP contribution < -0.4 is 10.2 Å². The fourth-order valence-corrected chi connectivity index (χ4v) is 1.86. The molecule has 4 nitrogen and oxygen atoms in total. The normalized spacial score (nSPS) is 15.0. The van der Waals surface area contributed by atoms with Gasteiger partial charge < -0.3 is 5.32 Å². The summed E-state index contributed by atoms with van der Waals surface area (Å²) in [4.78, 5) is 17.6. The summed E-state index contributed by atoms with van der Waals surface area (Å²) in [7, 11) is 0. The number of nitrogens with one attached hydrogen (secondary N) is 1. The predicted octanol–water partition coefficient (Wildman–Crippen LogP) is 2.79. The van der Waals surface area contributed by atoms with Gasteiger partial charge in [-0.25, -0.2) is 9.78 Å². The minimum absolute atomic E-state index is 0.245. The minimum atomic E-state index is -0.245. The highest BCUT2D eigenvalue weighted by Crippen LogP contribution is 2.21. The van der Waals surface area contributed by atoms with Gasteiger partial charge in [-0.15, -0.1) is 0 Å². The van der Waals surface area contributed by atoms with Gasteiger partial charge in [-0.1, -0.05) is 30.8 Å². The Morgan fingerprint density at radius 2 is 2.00 bits per heavy atom. The van der Waals surface area contributed by atoms with Crippen LogP contribution in [0.4, 0.5) is 10.6 Å². The number of aromatic nitrogens is 1. The molecule has 0 fully saturated rings. The molecule has 2 heterocycles. The molecule has 1 aliphatic heterocycles. The molecule has 0 bridgehead atoms. The average molecular weight is 237 g/mol. The van der Waals surface area contributed by atoms with E-state index in [1.54, 1.807) is 18.5 Å². The Bertz CT molecular complexity index is 676. The largest absolute Gasteiger partial charge is 0.331 e. The molecular formula is C14H11N3O. The highest BCUT2D eigenvalue weighted by molar-refractivity contribution is 5.97. The third kappa shape index (κ3) is 1.73. The monoisotopic (exact) mass is 237 g/mol. The number of amides is 2. The van der Waals surface area contributed by atoms with Crippen LogP contribution in [0, 0.1) is 0 Å². The number of anilines is 1. The van der Waals surface area contributed by atoms with Gasteiger partial charge >= 0.3 is 6.03 Å². The summed E-state index contributed by atoms with van der Waals surface area (Å²) >= 11 is 0. The molecule has 1 aromatic heterocycles. The van der Waals surface area contributed by atoms with Crippen LogP contribution in [0.25, 0.3) is 10.8 Å². The number of urea groups is 1. The lowest BCUT2D eigenvalue weighted by atomic mass is 10.2. The lowest BCUT2D eigenvalue weighted by Gasteiger charge is -2.22. The molecule has 1 aliphatic rings. The molecule has 0 unspecified atom stereocenters. The Morgan fingerprint density at radius 3 is 2.78 bits per heavy atom. The van der Waals surface area contributed by atoms with Crippen LogP contribution in [0.2, 0.25) is 0 Å². The van der Waals surface area contributed by atoms with Crippen molar-refractivity contribution in [3.8, 4) is 0 Å². The molecule has 3 rings (SSSR count). The van der Waals surface area contributed by atoms with Gasteiger partial charge in [0.05, 0.1) is 0 Å². The second-order valence-electron chi connectivity index (χ2n) is 4.03. The molecule has 4 heteroatoms. The Labute approximate surface area is 104 Å². The van der Waals surface area contributed by atoms with E-state index in [9.17, 15) is 4.79 Å². The first-order chi connectivity index (χ1) is 8.74. The predicted molar refractivity (Wildman–Crippen MR) is 71.0 cm³/mol. The van der Waals surface area contributed by atoms with Gasteiger partial charge in [0.2, 0.25) is 0 Å². The molecule has 2 amide bonds. The molecule has 0 saturated carbocycles. The third-order valence-electron chi connectivity index (χ3n) is 2.77. The molecule has 0 radical (unpaired) electrons. The smallest absolute Gasteiger partial charge is 0.308 e. The minimum Gasteiger partial charge on any atom is -0.308 e. The molecule has 0 saturated heterocycles. The number of pyridine rings is 1. The summed E-state index contributed by atoms with van der Waals surface area (Å²) in [5.74, 6) is 0.593. The maximum Gasteiger partial charge on any atom is 0.331 e. The van der Waals surface area contributed by atoms with Crippen molar-refractivity contribution in [2.75, 3.05) is 4.90 Å². The third-order valence-corrected chi connectivity index (χ3v) is 2.77. The zero-order valence-corrected chi connectivity index (χ0v) is 9.63. The van der Waals surface area contributed by atoms with E-state index in [-0.39, 0.29) is 6.03 Å². The van der Waals surface area contributed by atoms with Gasteiger partial charge in [0.1, 0.15) is 5.82 Å². The summed E-state index contributed by atoms with van der Waals surface area (Å²) in [5.41, 5.74) is 0.581. The van der Waals surface area contributed by atoms with Crippen molar-refractivity contribution < 1.29 is 4.79 Å². The molecule has 1 N–H and O–H groups in total. The molecule has 0 atom stereocenters. The van der Waals surface area contributed by atoms with Crippen molar-refractivity contribution in [3.63, 3.8) is 0 Å². The standard InChI is InChI=1S/C14H11N3O/c1-10-6-7-17(14(18)16-10)13-8-11-4-2-3-5-12(11)9-15-13/h2-9H,1H2,(H,16,18). The van der Waals surface area contributed by atoms with Crippen molar-refractivity contribution in [1.29, 1.82) is 0 Å². The molecular weight excluding hydrogens is 226 g/mol. The first-order valence-corrected chi connectivity index (χ1v) is 5.56. The number of hydrogen-bond acceptors (Lipinski definition) is 2. The van der Waals surface area contributed by atoms with Crippen LogP contribution in [0.3, 0.4) is 0 Å². The topological polar surface area (TPSA) is 45.2 Å². The Hall–Kier alpha value is -2.62. The van der Waals surface area contributed by atoms with Crippen molar-refractivity contribution in [1.82, 2.24) is 10.3 Å². The first kappa shape index (κ1) is 10.5. The molecule has 18 heavy (non-hydrogen) atoms. The number of rotatable bonds is 1. The SMILES string of the molecule is C=C1C=CN(c2cc3ccccc3cn2)C(=O)N1. The summed E-state index contributed by atoms with van der Waals surface area (Å²) in [6, 6.07) is 9.53.